The molecule has 0 bridgehead atoms. The predicted octanol–water partition coefficient (Wildman–Crippen LogP) is 0.614. The van der Waals surface area contributed by atoms with Crippen molar-refractivity contribution in [2.24, 2.45) is 0 Å². The van der Waals surface area contributed by atoms with E-state index < -0.39 is 0 Å². The number of hydrogen-bond donors (Lipinski definition) is 2. The molecular weight excluding hydrogens is 192 g/mol. The maximum absolute atomic E-state index is 11.7. The van der Waals surface area contributed by atoms with Crippen LogP contribution in [-0.4, -0.2) is 30.8 Å². The van der Waals surface area contributed by atoms with Gasteiger partial charge in [-0.15, -0.1) is 0 Å². The molecule has 1 unspecified atom stereocenters. The van der Waals surface area contributed by atoms with Gasteiger partial charge in [-0.2, -0.15) is 0 Å². The van der Waals surface area contributed by atoms with Crippen LogP contribution in [0.15, 0.2) is 0 Å². The van der Waals surface area contributed by atoms with Gasteiger partial charge in [0.05, 0.1) is 6.04 Å². The molecule has 1 atom stereocenters. The molecule has 0 aliphatic carbocycles. The first kappa shape index (κ1) is 12.2. The van der Waals surface area contributed by atoms with Crippen LogP contribution in [0.3, 0.4) is 0 Å². The second-order valence-corrected chi connectivity index (χ2v) is 3.94. The number of Topliss-reactive ketones (excluding diaryl/α,β-unsaturated/α-hetero) is 1. The first-order chi connectivity index (χ1) is 7.24. The summed E-state index contributed by atoms with van der Waals surface area (Å²) in [5.41, 5.74) is 0. The molecule has 1 rings (SSSR count). The summed E-state index contributed by atoms with van der Waals surface area (Å²) >= 11 is 0. The van der Waals surface area contributed by atoms with Crippen LogP contribution in [0.5, 0.6) is 0 Å². The van der Waals surface area contributed by atoms with Crippen molar-refractivity contribution in [2.75, 3.05) is 13.1 Å². The zero-order valence-corrected chi connectivity index (χ0v) is 9.34. The summed E-state index contributed by atoms with van der Waals surface area (Å²) in [5, 5.41) is 6.01. The summed E-state index contributed by atoms with van der Waals surface area (Å²) in [5.74, 6) is 0.131. The lowest BCUT2D eigenvalue weighted by Gasteiger charge is -2.15. The van der Waals surface area contributed by atoms with Crippen molar-refractivity contribution < 1.29 is 9.59 Å². The average Bonchev–Trinajstić information content (AvgIpc) is 2.33. The standard InChI is InChI=1S/C11H20N2O2/c1-2-11(15)13-9-5-3-4-7-12-8-6-10(9)14/h9,12H,2-8H2,1H3,(H,13,15). The van der Waals surface area contributed by atoms with Crippen molar-refractivity contribution in [3.63, 3.8) is 0 Å². The fraction of sp³-hybridized carbons (Fsp3) is 0.818. The molecule has 1 aliphatic heterocycles. The molecule has 1 amide bonds. The number of nitrogens with one attached hydrogen (secondary N) is 2. The first-order valence-electron chi connectivity index (χ1n) is 5.77. The second kappa shape index (κ2) is 6.56. The third kappa shape index (κ3) is 4.42. The number of rotatable bonds is 2. The van der Waals surface area contributed by atoms with E-state index in [1.54, 1.807) is 6.92 Å². The van der Waals surface area contributed by atoms with E-state index in [0.29, 0.717) is 12.8 Å². The first-order valence-corrected chi connectivity index (χ1v) is 5.77. The van der Waals surface area contributed by atoms with Crippen LogP contribution in [-0.2, 0) is 9.59 Å². The van der Waals surface area contributed by atoms with Crippen LogP contribution < -0.4 is 10.6 Å². The smallest absolute Gasteiger partial charge is 0.220 e. The Hall–Kier alpha value is -0.900. The van der Waals surface area contributed by atoms with Crippen molar-refractivity contribution >= 4 is 11.7 Å². The number of carbonyl (C=O) groups excluding carboxylic acids is 2. The summed E-state index contributed by atoms with van der Waals surface area (Å²) in [4.78, 5) is 22.9. The summed E-state index contributed by atoms with van der Waals surface area (Å²) in [6.07, 6.45) is 3.82. The molecule has 0 radical (unpaired) electrons. The average molecular weight is 212 g/mol. The number of amides is 1. The molecule has 1 fully saturated rings. The molecule has 4 nitrogen and oxygen atoms in total. The molecule has 1 heterocycles. The largest absolute Gasteiger partial charge is 0.346 e. The molecule has 0 aromatic carbocycles. The van der Waals surface area contributed by atoms with Crippen LogP contribution >= 0.6 is 0 Å². The molecule has 15 heavy (non-hydrogen) atoms. The highest BCUT2D eigenvalue weighted by molar-refractivity contribution is 5.89. The SMILES string of the molecule is CCC(=O)NC1CCCCNCCC1=O. The van der Waals surface area contributed by atoms with E-state index in [0.717, 1.165) is 32.4 Å². The van der Waals surface area contributed by atoms with E-state index in [2.05, 4.69) is 10.6 Å². The van der Waals surface area contributed by atoms with Crippen molar-refractivity contribution in [2.45, 2.75) is 45.1 Å². The van der Waals surface area contributed by atoms with Crippen LogP contribution in [0, 0.1) is 0 Å². The van der Waals surface area contributed by atoms with Gasteiger partial charge in [-0.1, -0.05) is 6.92 Å². The molecule has 2 N–H and O–H groups in total. The van der Waals surface area contributed by atoms with Crippen molar-refractivity contribution in [1.29, 1.82) is 0 Å². The van der Waals surface area contributed by atoms with Crippen LogP contribution in [0.25, 0.3) is 0 Å². The Kier molecular flexibility index (Phi) is 5.32. The molecule has 86 valence electrons. The van der Waals surface area contributed by atoms with Gasteiger partial charge in [0.15, 0.2) is 5.78 Å². The quantitative estimate of drug-likeness (QED) is 0.705. The Balaban J connectivity index is 2.48. The Morgan fingerprint density at radius 2 is 2.27 bits per heavy atom. The highest BCUT2D eigenvalue weighted by Crippen LogP contribution is 2.06. The van der Waals surface area contributed by atoms with Crippen LogP contribution in [0.1, 0.15) is 39.0 Å². The summed E-state index contributed by atoms with van der Waals surface area (Å²) < 4.78 is 0. The van der Waals surface area contributed by atoms with Gasteiger partial charge in [0.2, 0.25) is 5.91 Å². The van der Waals surface area contributed by atoms with E-state index >= 15 is 0 Å². The Labute approximate surface area is 90.8 Å². The molecule has 1 aliphatic rings. The lowest BCUT2D eigenvalue weighted by atomic mass is 10.0. The highest BCUT2D eigenvalue weighted by atomic mass is 16.2. The molecule has 0 aromatic rings. The third-order valence-electron chi connectivity index (χ3n) is 2.69. The topological polar surface area (TPSA) is 58.2 Å². The lowest BCUT2D eigenvalue weighted by Crippen LogP contribution is -2.40. The van der Waals surface area contributed by atoms with Gasteiger partial charge in [0.25, 0.3) is 0 Å². The molecule has 0 spiro atoms. The van der Waals surface area contributed by atoms with Gasteiger partial charge in [0, 0.05) is 19.4 Å². The zero-order chi connectivity index (χ0) is 11.1. The Morgan fingerprint density at radius 1 is 1.47 bits per heavy atom. The molecule has 1 saturated heterocycles. The minimum Gasteiger partial charge on any atom is -0.346 e. The van der Waals surface area contributed by atoms with Crippen molar-refractivity contribution in [3.05, 3.63) is 0 Å². The van der Waals surface area contributed by atoms with E-state index in [4.69, 9.17) is 0 Å². The van der Waals surface area contributed by atoms with Crippen molar-refractivity contribution in [1.82, 2.24) is 10.6 Å². The summed E-state index contributed by atoms with van der Waals surface area (Å²) in [6.45, 7) is 3.51. The van der Waals surface area contributed by atoms with E-state index in [9.17, 15) is 9.59 Å². The predicted molar refractivity (Wildman–Crippen MR) is 58.6 cm³/mol. The number of ketones is 1. The van der Waals surface area contributed by atoms with Gasteiger partial charge < -0.3 is 10.6 Å². The van der Waals surface area contributed by atoms with E-state index in [1.165, 1.54) is 0 Å². The fourth-order valence-electron chi connectivity index (χ4n) is 1.72. The van der Waals surface area contributed by atoms with E-state index in [1.807, 2.05) is 0 Å². The third-order valence-corrected chi connectivity index (χ3v) is 2.69. The van der Waals surface area contributed by atoms with Crippen LogP contribution in [0.4, 0.5) is 0 Å². The molecular formula is C11H20N2O2. The Bertz CT molecular complexity index is 229. The maximum Gasteiger partial charge on any atom is 0.220 e. The van der Waals surface area contributed by atoms with Gasteiger partial charge >= 0.3 is 0 Å². The summed E-state index contributed by atoms with van der Waals surface area (Å²) in [7, 11) is 0. The van der Waals surface area contributed by atoms with E-state index in [-0.39, 0.29) is 17.7 Å². The van der Waals surface area contributed by atoms with Gasteiger partial charge in [0.1, 0.15) is 0 Å². The molecule has 0 aromatic heterocycles. The second-order valence-electron chi connectivity index (χ2n) is 3.94. The zero-order valence-electron chi connectivity index (χ0n) is 9.34. The Morgan fingerprint density at radius 3 is 3.00 bits per heavy atom. The minimum atomic E-state index is -0.252. The maximum atomic E-state index is 11.7. The van der Waals surface area contributed by atoms with Gasteiger partial charge in [-0.25, -0.2) is 0 Å². The lowest BCUT2D eigenvalue weighted by molar-refractivity contribution is -0.127. The minimum absolute atomic E-state index is 0.0273. The fourth-order valence-corrected chi connectivity index (χ4v) is 1.72. The number of carbonyl (C=O) groups is 2. The number of hydrogen-bond acceptors (Lipinski definition) is 3. The van der Waals surface area contributed by atoms with Gasteiger partial charge in [-0.05, 0) is 25.8 Å². The highest BCUT2D eigenvalue weighted by Gasteiger charge is 2.19. The van der Waals surface area contributed by atoms with Crippen molar-refractivity contribution in [3.8, 4) is 0 Å². The molecule has 0 saturated carbocycles. The van der Waals surface area contributed by atoms with Crippen LogP contribution in [0.2, 0.25) is 0 Å². The summed E-state index contributed by atoms with van der Waals surface area (Å²) in [6, 6.07) is -0.252. The molecule has 4 heteroatoms. The van der Waals surface area contributed by atoms with Gasteiger partial charge in [-0.3, -0.25) is 9.59 Å². The normalized spacial score (nSPS) is 23.8. The monoisotopic (exact) mass is 212 g/mol.